The van der Waals surface area contributed by atoms with Crippen LogP contribution in [0.5, 0.6) is 0 Å². The van der Waals surface area contributed by atoms with Gasteiger partial charge in [0.15, 0.2) is 0 Å². The van der Waals surface area contributed by atoms with E-state index in [0.717, 1.165) is 6.20 Å². The summed E-state index contributed by atoms with van der Waals surface area (Å²) in [5.74, 6) is -1.17. The second-order valence-electron chi connectivity index (χ2n) is 6.32. The summed E-state index contributed by atoms with van der Waals surface area (Å²) in [5.41, 5.74) is -0.555. The van der Waals surface area contributed by atoms with Crippen molar-refractivity contribution in [3.05, 3.63) is 52.4 Å². The van der Waals surface area contributed by atoms with Gasteiger partial charge in [-0.3, -0.25) is 4.79 Å². The molecule has 8 heteroatoms. The molecule has 2 rings (SSSR count). The van der Waals surface area contributed by atoms with Crippen LogP contribution in [0.2, 0.25) is 0 Å². The van der Waals surface area contributed by atoms with E-state index in [-0.39, 0.29) is 16.0 Å². The van der Waals surface area contributed by atoms with Crippen LogP contribution in [0.3, 0.4) is 0 Å². The molecule has 2 aromatic rings. The molecule has 7 nitrogen and oxygen atoms in total. The number of aromatic amines is 1. The number of carboxylic acids is 1. The van der Waals surface area contributed by atoms with Gasteiger partial charge in [-0.15, -0.1) is 0 Å². The predicted molar refractivity (Wildman–Crippen MR) is 89.5 cm³/mol. The molecule has 1 aromatic carbocycles. The minimum atomic E-state index is -3.68. The molecule has 0 aliphatic rings. The Bertz CT molecular complexity index is 922. The number of pyridine rings is 1. The number of nitrogens with one attached hydrogen (secondary N) is 2. The van der Waals surface area contributed by atoms with Crippen molar-refractivity contribution in [1.29, 1.82) is 0 Å². The van der Waals surface area contributed by atoms with Gasteiger partial charge in [0.2, 0.25) is 10.0 Å². The summed E-state index contributed by atoms with van der Waals surface area (Å²) in [6, 6.07) is 6.92. The SMILES string of the molecule is CC(C)(C)NS(=O)(=O)c1ccc(-c2cc(C(=O)O)c[nH]c2=O)cc1. The molecule has 1 aromatic heterocycles. The number of sulfonamides is 1. The van der Waals surface area contributed by atoms with Crippen LogP contribution >= 0.6 is 0 Å². The van der Waals surface area contributed by atoms with Crippen LogP contribution in [0.4, 0.5) is 0 Å². The molecule has 0 fully saturated rings. The van der Waals surface area contributed by atoms with Crippen molar-refractivity contribution in [2.75, 3.05) is 0 Å². The largest absolute Gasteiger partial charge is 0.478 e. The molecule has 0 atom stereocenters. The van der Waals surface area contributed by atoms with Gasteiger partial charge in [-0.1, -0.05) is 12.1 Å². The third kappa shape index (κ3) is 4.09. The first-order valence-electron chi connectivity index (χ1n) is 7.10. The summed E-state index contributed by atoms with van der Waals surface area (Å²) in [5, 5.41) is 9.00. The number of H-pyrrole nitrogens is 1. The highest BCUT2D eigenvalue weighted by molar-refractivity contribution is 7.89. The highest BCUT2D eigenvalue weighted by atomic mass is 32.2. The smallest absolute Gasteiger partial charge is 0.337 e. The van der Waals surface area contributed by atoms with Crippen LogP contribution in [0, 0.1) is 0 Å². The molecular formula is C16H18N2O5S. The average molecular weight is 350 g/mol. The van der Waals surface area contributed by atoms with Crippen LogP contribution in [0.15, 0.2) is 46.2 Å². The van der Waals surface area contributed by atoms with Crippen molar-refractivity contribution in [2.24, 2.45) is 0 Å². The quantitative estimate of drug-likeness (QED) is 0.778. The molecule has 0 spiro atoms. The van der Waals surface area contributed by atoms with Gasteiger partial charge in [0.05, 0.1) is 10.5 Å². The van der Waals surface area contributed by atoms with E-state index in [0.29, 0.717) is 5.56 Å². The Morgan fingerprint density at radius 3 is 2.25 bits per heavy atom. The zero-order chi connectivity index (χ0) is 18.1. The maximum absolute atomic E-state index is 12.2. The number of benzene rings is 1. The van der Waals surface area contributed by atoms with Crippen molar-refractivity contribution in [3.63, 3.8) is 0 Å². The second kappa shape index (κ2) is 6.21. The molecule has 0 amide bonds. The molecule has 3 N–H and O–H groups in total. The Hall–Kier alpha value is -2.45. The van der Waals surface area contributed by atoms with E-state index >= 15 is 0 Å². The van der Waals surface area contributed by atoms with Crippen molar-refractivity contribution in [3.8, 4) is 11.1 Å². The van der Waals surface area contributed by atoms with Gasteiger partial charge in [-0.2, -0.15) is 0 Å². The normalized spacial score (nSPS) is 12.1. The number of hydrogen-bond donors (Lipinski definition) is 3. The van der Waals surface area contributed by atoms with E-state index in [1.54, 1.807) is 20.8 Å². The fourth-order valence-corrected chi connectivity index (χ4v) is 3.52. The lowest BCUT2D eigenvalue weighted by atomic mass is 10.1. The van der Waals surface area contributed by atoms with Crippen LogP contribution in [0.1, 0.15) is 31.1 Å². The van der Waals surface area contributed by atoms with E-state index < -0.39 is 27.1 Å². The molecule has 0 radical (unpaired) electrons. The summed E-state index contributed by atoms with van der Waals surface area (Å²) in [6.07, 6.45) is 1.11. The highest BCUT2D eigenvalue weighted by Crippen LogP contribution is 2.20. The minimum Gasteiger partial charge on any atom is -0.478 e. The summed E-state index contributed by atoms with van der Waals surface area (Å²) in [6.45, 7) is 5.20. The molecule has 0 aliphatic carbocycles. The van der Waals surface area contributed by atoms with Crippen molar-refractivity contribution >= 4 is 16.0 Å². The Morgan fingerprint density at radius 2 is 1.75 bits per heavy atom. The topological polar surface area (TPSA) is 116 Å². The van der Waals surface area contributed by atoms with E-state index in [1.807, 2.05) is 0 Å². The van der Waals surface area contributed by atoms with Gasteiger partial charge in [-0.05, 0) is 44.5 Å². The van der Waals surface area contributed by atoms with Gasteiger partial charge < -0.3 is 10.1 Å². The molecule has 0 aliphatic heterocycles. The first-order valence-corrected chi connectivity index (χ1v) is 8.58. The monoisotopic (exact) mass is 350 g/mol. The second-order valence-corrected chi connectivity index (χ2v) is 8.00. The van der Waals surface area contributed by atoms with Crippen molar-refractivity contribution in [2.45, 2.75) is 31.2 Å². The van der Waals surface area contributed by atoms with E-state index in [1.165, 1.54) is 30.3 Å². The zero-order valence-corrected chi connectivity index (χ0v) is 14.3. The van der Waals surface area contributed by atoms with Crippen molar-refractivity contribution in [1.82, 2.24) is 9.71 Å². The standard InChI is InChI=1S/C16H18N2O5S/c1-16(2,3)18-24(22,23)12-6-4-10(5-7-12)13-8-11(15(20)21)9-17-14(13)19/h4-9,18H,1-3H3,(H,17,19)(H,20,21). The summed E-state index contributed by atoms with van der Waals surface area (Å²) in [4.78, 5) is 25.3. The minimum absolute atomic E-state index is 0.0595. The first-order chi connectivity index (χ1) is 11.0. The van der Waals surface area contributed by atoms with Crippen LogP contribution < -0.4 is 10.3 Å². The molecule has 0 unspecified atom stereocenters. The fourth-order valence-electron chi connectivity index (χ4n) is 2.10. The van der Waals surface area contributed by atoms with Gasteiger partial charge in [0, 0.05) is 17.3 Å². The fraction of sp³-hybridized carbons (Fsp3) is 0.250. The Labute approximate surface area is 139 Å². The average Bonchev–Trinajstić information content (AvgIpc) is 2.45. The number of aromatic carboxylic acids is 1. The maximum atomic E-state index is 12.2. The molecule has 0 saturated carbocycles. The number of rotatable bonds is 4. The Kier molecular flexibility index (Phi) is 4.63. The lowest BCUT2D eigenvalue weighted by molar-refractivity contribution is 0.0696. The lowest BCUT2D eigenvalue weighted by Crippen LogP contribution is -2.40. The molecule has 1 heterocycles. The highest BCUT2D eigenvalue weighted by Gasteiger charge is 2.22. The number of aromatic nitrogens is 1. The Balaban J connectivity index is 2.42. The predicted octanol–water partition coefficient (Wildman–Crippen LogP) is 1.82. The van der Waals surface area contributed by atoms with E-state index in [2.05, 4.69) is 9.71 Å². The number of carbonyl (C=O) groups is 1. The maximum Gasteiger partial charge on any atom is 0.337 e. The number of carboxylic acid groups (broad SMARTS) is 1. The van der Waals surface area contributed by atoms with Gasteiger partial charge in [0.1, 0.15) is 0 Å². The van der Waals surface area contributed by atoms with Crippen LogP contribution in [0.25, 0.3) is 11.1 Å². The third-order valence-electron chi connectivity index (χ3n) is 3.07. The van der Waals surface area contributed by atoms with Crippen molar-refractivity contribution < 1.29 is 18.3 Å². The zero-order valence-electron chi connectivity index (χ0n) is 13.5. The van der Waals surface area contributed by atoms with Crippen LogP contribution in [-0.4, -0.2) is 30.0 Å². The molecule has 0 saturated heterocycles. The summed E-state index contributed by atoms with van der Waals surface area (Å²) < 4.78 is 27.0. The third-order valence-corrected chi connectivity index (χ3v) is 4.84. The Morgan fingerprint density at radius 1 is 1.17 bits per heavy atom. The van der Waals surface area contributed by atoms with Gasteiger partial charge in [-0.25, -0.2) is 17.9 Å². The van der Waals surface area contributed by atoms with Gasteiger partial charge in [0.25, 0.3) is 5.56 Å². The van der Waals surface area contributed by atoms with Crippen LogP contribution in [-0.2, 0) is 10.0 Å². The molecule has 0 bridgehead atoms. The number of hydrogen-bond acceptors (Lipinski definition) is 4. The first kappa shape index (κ1) is 17.9. The molecule has 128 valence electrons. The lowest BCUT2D eigenvalue weighted by Gasteiger charge is -2.20. The molecule has 24 heavy (non-hydrogen) atoms. The van der Waals surface area contributed by atoms with Gasteiger partial charge >= 0.3 is 5.97 Å². The summed E-state index contributed by atoms with van der Waals surface area (Å²) in [7, 11) is -3.68. The molecular weight excluding hydrogens is 332 g/mol. The summed E-state index contributed by atoms with van der Waals surface area (Å²) >= 11 is 0. The van der Waals surface area contributed by atoms with E-state index in [4.69, 9.17) is 5.11 Å². The van der Waals surface area contributed by atoms with E-state index in [9.17, 15) is 18.0 Å².